The molecule has 1 aliphatic heterocycles. The van der Waals surface area contributed by atoms with E-state index in [9.17, 15) is 0 Å². The van der Waals surface area contributed by atoms with Crippen LogP contribution in [0.2, 0.25) is 0 Å². The summed E-state index contributed by atoms with van der Waals surface area (Å²) in [5, 5.41) is 0. The fourth-order valence-corrected chi connectivity index (χ4v) is 3.61. The number of nitrogens with zero attached hydrogens (tertiary/aromatic N) is 1. The van der Waals surface area contributed by atoms with Gasteiger partial charge in [-0.1, -0.05) is 24.6 Å². The summed E-state index contributed by atoms with van der Waals surface area (Å²) >= 11 is 0. The monoisotopic (exact) mass is 231 g/mol. The molecule has 0 saturated heterocycles. The molecule has 0 amide bonds. The van der Waals surface area contributed by atoms with E-state index in [0.29, 0.717) is 5.92 Å². The summed E-state index contributed by atoms with van der Waals surface area (Å²) in [6, 6.07) is 8.61. The summed E-state index contributed by atoms with van der Waals surface area (Å²) in [4.78, 5) is 2.27. The summed E-state index contributed by atoms with van der Waals surface area (Å²) < 4.78 is 6.37. The maximum absolute atomic E-state index is 6.37. The second-order valence-corrected chi connectivity index (χ2v) is 5.74. The summed E-state index contributed by atoms with van der Waals surface area (Å²) in [6.07, 6.45) is 5.13. The third kappa shape index (κ3) is 1.75. The van der Waals surface area contributed by atoms with Gasteiger partial charge in [0.15, 0.2) is 0 Å². The number of rotatable bonds is 2. The number of para-hydroxylation sites is 1. The highest BCUT2D eigenvalue weighted by Gasteiger charge is 2.49. The quantitative estimate of drug-likeness (QED) is 0.775. The standard InChI is InChI=1S/C15H21NO/c1-16(2)11-15-10-6-5-8-13(15)12-7-3-4-9-14(12)17-15/h3-4,7,9,13H,5-6,8,10-11H2,1-2H3/t13-,15+/m0/s1. The van der Waals surface area contributed by atoms with Crippen molar-refractivity contribution < 1.29 is 4.74 Å². The van der Waals surface area contributed by atoms with Crippen LogP contribution >= 0.6 is 0 Å². The zero-order valence-electron chi connectivity index (χ0n) is 10.8. The molecule has 0 N–H and O–H groups in total. The van der Waals surface area contributed by atoms with Gasteiger partial charge in [-0.15, -0.1) is 0 Å². The van der Waals surface area contributed by atoms with Gasteiger partial charge in [0.1, 0.15) is 11.4 Å². The number of ether oxygens (including phenoxy) is 1. The molecule has 1 heterocycles. The third-order valence-corrected chi connectivity index (χ3v) is 4.17. The molecule has 2 aliphatic rings. The molecule has 17 heavy (non-hydrogen) atoms. The van der Waals surface area contributed by atoms with Crippen LogP contribution in [0.5, 0.6) is 5.75 Å². The van der Waals surface area contributed by atoms with E-state index in [4.69, 9.17) is 4.74 Å². The first-order valence-electron chi connectivity index (χ1n) is 6.64. The highest BCUT2D eigenvalue weighted by Crippen LogP contribution is 2.52. The van der Waals surface area contributed by atoms with Gasteiger partial charge >= 0.3 is 0 Å². The van der Waals surface area contributed by atoms with Gasteiger partial charge in [-0.25, -0.2) is 0 Å². The van der Waals surface area contributed by atoms with E-state index in [0.717, 1.165) is 12.3 Å². The summed E-state index contributed by atoms with van der Waals surface area (Å²) in [5.74, 6) is 1.73. The van der Waals surface area contributed by atoms with Crippen molar-refractivity contribution >= 4 is 0 Å². The van der Waals surface area contributed by atoms with Crippen molar-refractivity contribution in [2.75, 3.05) is 20.6 Å². The van der Waals surface area contributed by atoms with Crippen LogP contribution < -0.4 is 4.74 Å². The zero-order valence-corrected chi connectivity index (χ0v) is 10.8. The van der Waals surface area contributed by atoms with Gasteiger partial charge in [-0.05, 0) is 39.4 Å². The molecule has 2 nitrogen and oxygen atoms in total. The minimum atomic E-state index is 0.0471. The molecule has 0 spiro atoms. The SMILES string of the molecule is CN(C)C[C@]12CCCC[C@H]1c1ccccc1O2. The predicted octanol–water partition coefficient (Wildman–Crippen LogP) is 3.04. The Balaban J connectivity index is 1.98. The van der Waals surface area contributed by atoms with E-state index in [-0.39, 0.29) is 5.60 Å². The molecule has 0 unspecified atom stereocenters. The van der Waals surface area contributed by atoms with Crippen molar-refractivity contribution in [1.82, 2.24) is 4.90 Å². The molecule has 0 aromatic heterocycles. The van der Waals surface area contributed by atoms with E-state index in [2.05, 4.69) is 43.3 Å². The van der Waals surface area contributed by atoms with Crippen molar-refractivity contribution in [3.8, 4) is 5.75 Å². The van der Waals surface area contributed by atoms with Gasteiger partial charge in [-0.3, -0.25) is 0 Å². The van der Waals surface area contributed by atoms with E-state index in [1.54, 1.807) is 0 Å². The Morgan fingerprint density at radius 1 is 1.29 bits per heavy atom. The smallest absolute Gasteiger partial charge is 0.129 e. The van der Waals surface area contributed by atoms with Crippen LogP contribution in [0.25, 0.3) is 0 Å². The first-order chi connectivity index (χ1) is 8.21. The van der Waals surface area contributed by atoms with Gasteiger partial charge in [0, 0.05) is 18.0 Å². The first kappa shape index (κ1) is 11.1. The lowest BCUT2D eigenvalue weighted by Crippen LogP contribution is -2.48. The second kappa shape index (κ2) is 4.02. The van der Waals surface area contributed by atoms with Crippen LogP contribution in [0.1, 0.15) is 37.2 Å². The van der Waals surface area contributed by atoms with Gasteiger partial charge in [0.2, 0.25) is 0 Å². The first-order valence-corrected chi connectivity index (χ1v) is 6.64. The van der Waals surface area contributed by atoms with Crippen molar-refractivity contribution in [2.24, 2.45) is 0 Å². The third-order valence-electron chi connectivity index (χ3n) is 4.17. The van der Waals surface area contributed by atoms with E-state index in [1.807, 2.05) is 0 Å². The minimum Gasteiger partial charge on any atom is -0.485 e. The largest absolute Gasteiger partial charge is 0.485 e. The molecule has 1 fully saturated rings. The second-order valence-electron chi connectivity index (χ2n) is 5.74. The average molecular weight is 231 g/mol. The molecule has 1 aromatic carbocycles. The molecular weight excluding hydrogens is 210 g/mol. The number of likely N-dealkylation sites (N-methyl/N-ethyl adjacent to an activating group) is 1. The van der Waals surface area contributed by atoms with Gasteiger partial charge in [0.05, 0.1) is 0 Å². The summed E-state index contributed by atoms with van der Waals surface area (Å²) in [7, 11) is 4.29. The lowest BCUT2D eigenvalue weighted by molar-refractivity contribution is 0.0125. The Morgan fingerprint density at radius 3 is 2.94 bits per heavy atom. The topological polar surface area (TPSA) is 12.5 Å². The molecular formula is C15H21NO. The molecule has 2 heteroatoms. The lowest BCUT2D eigenvalue weighted by Gasteiger charge is -2.40. The highest BCUT2D eigenvalue weighted by molar-refractivity contribution is 5.43. The van der Waals surface area contributed by atoms with Crippen molar-refractivity contribution in [2.45, 2.75) is 37.2 Å². The summed E-state index contributed by atoms with van der Waals surface area (Å²) in [6.45, 7) is 1.03. The molecule has 1 aliphatic carbocycles. The molecule has 3 rings (SSSR count). The molecule has 0 bridgehead atoms. The average Bonchev–Trinajstić information content (AvgIpc) is 2.61. The number of hydrogen-bond donors (Lipinski definition) is 0. The Labute approximate surface area is 104 Å². The van der Waals surface area contributed by atoms with Gasteiger partial charge in [-0.2, -0.15) is 0 Å². The Bertz CT molecular complexity index is 415. The van der Waals surface area contributed by atoms with E-state index < -0.39 is 0 Å². The normalized spacial score (nSPS) is 30.9. The minimum absolute atomic E-state index is 0.0471. The molecule has 1 aromatic rings. The van der Waals surface area contributed by atoms with Crippen LogP contribution in [0.3, 0.4) is 0 Å². The fraction of sp³-hybridized carbons (Fsp3) is 0.600. The maximum atomic E-state index is 6.37. The van der Waals surface area contributed by atoms with Crippen LogP contribution in [0, 0.1) is 0 Å². The number of hydrogen-bond acceptors (Lipinski definition) is 2. The van der Waals surface area contributed by atoms with Crippen LogP contribution in [-0.2, 0) is 0 Å². The predicted molar refractivity (Wildman–Crippen MR) is 69.6 cm³/mol. The Kier molecular flexibility index (Phi) is 2.62. The van der Waals surface area contributed by atoms with Gasteiger partial charge < -0.3 is 9.64 Å². The molecule has 1 saturated carbocycles. The van der Waals surface area contributed by atoms with Crippen molar-refractivity contribution in [1.29, 1.82) is 0 Å². The van der Waals surface area contributed by atoms with Crippen LogP contribution in [-0.4, -0.2) is 31.1 Å². The van der Waals surface area contributed by atoms with E-state index >= 15 is 0 Å². The van der Waals surface area contributed by atoms with Crippen LogP contribution in [0.4, 0.5) is 0 Å². The van der Waals surface area contributed by atoms with Crippen molar-refractivity contribution in [3.63, 3.8) is 0 Å². The van der Waals surface area contributed by atoms with Gasteiger partial charge in [0.25, 0.3) is 0 Å². The summed E-state index contributed by atoms with van der Waals surface area (Å²) in [5.41, 5.74) is 1.49. The Hall–Kier alpha value is -1.02. The fourth-order valence-electron chi connectivity index (χ4n) is 3.61. The molecule has 0 radical (unpaired) electrons. The highest BCUT2D eigenvalue weighted by atomic mass is 16.5. The molecule has 2 atom stereocenters. The van der Waals surface area contributed by atoms with Crippen LogP contribution in [0.15, 0.2) is 24.3 Å². The Morgan fingerprint density at radius 2 is 2.12 bits per heavy atom. The number of fused-ring (bicyclic) bond motifs is 3. The van der Waals surface area contributed by atoms with Crippen molar-refractivity contribution in [3.05, 3.63) is 29.8 Å². The maximum Gasteiger partial charge on any atom is 0.129 e. The lowest BCUT2D eigenvalue weighted by atomic mass is 9.73. The molecule has 92 valence electrons. The number of benzene rings is 1. The zero-order chi connectivity index (χ0) is 11.9. The van der Waals surface area contributed by atoms with E-state index in [1.165, 1.54) is 31.2 Å².